The lowest BCUT2D eigenvalue weighted by molar-refractivity contribution is 0.0403. The molecule has 0 aromatic heterocycles. The molecule has 0 spiro atoms. The van der Waals surface area contributed by atoms with Gasteiger partial charge in [-0.3, -0.25) is 0 Å². The average Bonchev–Trinajstić information content (AvgIpc) is 2.46. The van der Waals surface area contributed by atoms with E-state index in [2.05, 4.69) is 4.90 Å². The molecular formula is C15H23FN2O. The fourth-order valence-corrected chi connectivity index (χ4v) is 2.62. The van der Waals surface area contributed by atoms with Gasteiger partial charge in [0, 0.05) is 31.8 Å². The van der Waals surface area contributed by atoms with E-state index in [1.165, 1.54) is 6.07 Å². The van der Waals surface area contributed by atoms with E-state index in [-0.39, 0.29) is 11.9 Å². The van der Waals surface area contributed by atoms with Crippen LogP contribution in [0.25, 0.3) is 0 Å². The van der Waals surface area contributed by atoms with E-state index in [0.29, 0.717) is 11.7 Å². The van der Waals surface area contributed by atoms with Crippen LogP contribution in [0.3, 0.4) is 0 Å². The molecule has 0 radical (unpaired) electrons. The zero-order valence-corrected chi connectivity index (χ0v) is 11.5. The number of benzene rings is 1. The van der Waals surface area contributed by atoms with E-state index in [0.717, 1.165) is 38.9 Å². The first-order valence-corrected chi connectivity index (χ1v) is 6.96. The maximum absolute atomic E-state index is 13.6. The van der Waals surface area contributed by atoms with Crippen molar-refractivity contribution in [2.24, 2.45) is 5.73 Å². The van der Waals surface area contributed by atoms with Crippen LogP contribution in [-0.4, -0.2) is 37.7 Å². The number of nitrogens with two attached hydrogens (primary N) is 1. The standard InChI is InChI=1S/C15H23FN2O/c1-19-12-6-9-18(10-7-12)11-8-15(17)13-4-2-3-5-14(13)16/h2-5,12,15H,6-11,17H2,1H3. The van der Waals surface area contributed by atoms with Gasteiger partial charge in [-0.1, -0.05) is 18.2 Å². The number of rotatable bonds is 5. The number of nitrogens with zero attached hydrogens (tertiary/aromatic N) is 1. The molecule has 1 unspecified atom stereocenters. The quantitative estimate of drug-likeness (QED) is 0.889. The highest BCUT2D eigenvalue weighted by Gasteiger charge is 2.19. The number of piperidine rings is 1. The zero-order valence-electron chi connectivity index (χ0n) is 11.5. The molecule has 1 aromatic rings. The molecule has 1 fully saturated rings. The summed E-state index contributed by atoms with van der Waals surface area (Å²) >= 11 is 0. The minimum Gasteiger partial charge on any atom is -0.381 e. The Morgan fingerprint density at radius 3 is 2.68 bits per heavy atom. The van der Waals surface area contributed by atoms with Crippen molar-refractivity contribution >= 4 is 0 Å². The molecule has 4 heteroatoms. The lowest BCUT2D eigenvalue weighted by Gasteiger charge is -2.31. The Hall–Kier alpha value is -0.970. The largest absolute Gasteiger partial charge is 0.381 e. The zero-order chi connectivity index (χ0) is 13.7. The summed E-state index contributed by atoms with van der Waals surface area (Å²) in [6, 6.07) is 6.56. The first-order valence-electron chi connectivity index (χ1n) is 6.96. The molecule has 0 amide bonds. The molecule has 1 aliphatic heterocycles. The SMILES string of the molecule is COC1CCN(CCC(N)c2ccccc2F)CC1. The van der Waals surface area contributed by atoms with Crippen molar-refractivity contribution in [3.63, 3.8) is 0 Å². The topological polar surface area (TPSA) is 38.5 Å². The maximum atomic E-state index is 13.6. The van der Waals surface area contributed by atoms with Crippen molar-refractivity contribution in [2.45, 2.75) is 31.4 Å². The normalized spacial score (nSPS) is 19.5. The van der Waals surface area contributed by atoms with Crippen molar-refractivity contribution in [2.75, 3.05) is 26.7 Å². The molecule has 1 atom stereocenters. The highest BCUT2D eigenvalue weighted by molar-refractivity contribution is 5.20. The summed E-state index contributed by atoms with van der Waals surface area (Å²) in [6.45, 7) is 3.01. The van der Waals surface area contributed by atoms with Crippen LogP contribution in [0, 0.1) is 5.82 Å². The van der Waals surface area contributed by atoms with Crippen LogP contribution in [0.2, 0.25) is 0 Å². The molecule has 1 saturated heterocycles. The van der Waals surface area contributed by atoms with Crippen LogP contribution >= 0.6 is 0 Å². The number of halogens is 1. The summed E-state index contributed by atoms with van der Waals surface area (Å²) in [5.74, 6) is -0.201. The first-order chi connectivity index (χ1) is 9.20. The maximum Gasteiger partial charge on any atom is 0.127 e. The summed E-state index contributed by atoms with van der Waals surface area (Å²) in [5.41, 5.74) is 6.69. The van der Waals surface area contributed by atoms with E-state index < -0.39 is 0 Å². The Morgan fingerprint density at radius 2 is 2.05 bits per heavy atom. The summed E-state index contributed by atoms with van der Waals surface area (Å²) in [7, 11) is 1.77. The molecule has 106 valence electrons. The van der Waals surface area contributed by atoms with Crippen LogP contribution in [0.5, 0.6) is 0 Å². The molecule has 19 heavy (non-hydrogen) atoms. The molecule has 3 nitrogen and oxygen atoms in total. The minimum atomic E-state index is -0.221. The van der Waals surface area contributed by atoms with Gasteiger partial charge in [-0.2, -0.15) is 0 Å². The molecule has 1 heterocycles. The summed E-state index contributed by atoms with van der Waals surface area (Å²) in [6.07, 6.45) is 3.34. The van der Waals surface area contributed by atoms with Crippen molar-refractivity contribution in [1.29, 1.82) is 0 Å². The van der Waals surface area contributed by atoms with E-state index in [1.54, 1.807) is 19.2 Å². The second kappa shape index (κ2) is 6.98. The van der Waals surface area contributed by atoms with Crippen molar-refractivity contribution in [3.8, 4) is 0 Å². The van der Waals surface area contributed by atoms with Crippen LogP contribution in [-0.2, 0) is 4.74 Å². The summed E-state index contributed by atoms with van der Waals surface area (Å²) in [5, 5.41) is 0. The van der Waals surface area contributed by atoms with Crippen molar-refractivity contribution < 1.29 is 9.13 Å². The van der Waals surface area contributed by atoms with Crippen LogP contribution in [0.4, 0.5) is 4.39 Å². The van der Waals surface area contributed by atoms with Crippen molar-refractivity contribution in [1.82, 2.24) is 4.90 Å². The predicted molar refractivity (Wildman–Crippen MR) is 74.4 cm³/mol. The van der Waals surface area contributed by atoms with Gasteiger partial charge in [-0.15, -0.1) is 0 Å². The summed E-state index contributed by atoms with van der Waals surface area (Å²) in [4.78, 5) is 2.39. The first kappa shape index (κ1) is 14.4. The van der Waals surface area contributed by atoms with E-state index in [9.17, 15) is 4.39 Å². The highest BCUT2D eigenvalue weighted by Crippen LogP contribution is 2.19. The Labute approximate surface area is 114 Å². The van der Waals surface area contributed by atoms with Gasteiger partial charge in [-0.25, -0.2) is 4.39 Å². The molecule has 1 aromatic carbocycles. The number of methoxy groups -OCH3 is 1. The second-order valence-corrected chi connectivity index (χ2v) is 5.19. The van der Waals surface area contributed by atoms with Gasteiger partial charge in [0.25, 0.3) is 0 Å². The Morgan fingerprint density at radius 1 is 1.37 bits per heavy atom. The molecular weight excluding hydrogens is 243 g/mol. The third-order valence-corrected chi connectivity index (χ3v) is 3.93. The Kier molecular flexibility index (Phi) is 5.31. The smallest absolute Gasteiger partial charge is 0.127 e. The van der Waals surface area contributed by atoms with E-state index >= 15 is 0 Å². The monoisotopic (exact) mass is 266 g/mol. The molecule has 0 saturated carbocycles. The molecule has 2 rings (SSSR count). The van der Waals surface area contributed by atoms with Gasteiger partial charge in [0.15, 0.2) is 0 Å². The molecule has 2 N–H and O–H groups in total. The van der Waals surface area contributed by atoms with Gasteiger partial charge in [0.05, 0.1) is 6.10 Å². The number of likely N-dealkylation sites (tertiary alicyclic amines) is 1. The fourth-order valence-electron chi connectivity index (χ4n) is 2.62. The van der Waals surface area contributed by atoms with Gasteiger partial charge >= 0.3 is 0 Å². The molecule has 1 aliphatic rings. The third kappa shape index (κ3) is 4.00. The van der Waals surface area contributed by atoms with Crippen LogP contribution in [0.15, 0.2) is 24.3 Å². The predicted octanol–water partition coefficient (Wildman–Crippen LogP) is 2.33. The second-order valence-electron chi connectivity index (χ2n) is 5.19. The number of hydrogen-bond donors (Lipinski definition) is 1. The highest BCUT2D eigenvalue weighted by atomic mass is 19.1. The number of ether oxygens (including phenoxy) is 1. The lowest BCUT2D eigenvalue weighted by Crippen LogP contribution is -2.38. The van der Waals surface area contributed by atoms with Crippen molar-refractivity contribution in [3.05, 3.63) is 35.6 Å². The van der Waals surface area contributed by atoms with Crippen LogP contribution in [0.1, 0.15) is 30.9 Å². The van der Waals surface area contributed by atoms with Gasteiger partial charge < -0.3 is 15.4 Å². The minimum absolute atomic E-state index is 0.201. The van der Waals surface area contributed by atoms with E-state index in [1.807, 2.05) is 6.07 Å². The third-order valence-electron chi connectivity index (χ3n) is 3.93. The Balaban J connectivity index is 1.78. The molecule has 0 aliphatic carbocycles. The summed E-state index contributed by atoms with van der Waals surface area (Å²) < 4.78 is 18.9. The van der Waals surface area contributed by atoms with E-state index in [4.69, 9.17) is 10.5 Å². The number of hydrogen-bond acceptors (Lipinski definition) is 3. The van der Waals surface area contributed by atoms with Gasteiger partial charge in [0.1, 0.15) is 5.82 Å². The van der Waals surface area contributed by atoms with Gasteiger partial charge in [0.2, 0.25) is 0 Å². The lowest BCUT2D eigenvalue weighted by atomic mass is 10.0. The Bertz CT molecular complexity index is 391. The average molecular weight is 266 g/mol. The van der Waals surface area contributed by atoms with Crippen LogP contribution < -0.4 is 5.73 Å². The van der Waals surface area contributed by atoms with Gasteiger partial charge in [-0.05, 0) is 31.9 Å². The fraction of sp³-hybridized carbons (Fsp3) is 0.600. The molecule has 0 bridgehead atoms.